The Bertz CT molecular complexity index is 421. The van der Waals surface area contributed by atoms with Crippen LogP contribution in [0.4, 0.5) is 14.6 Å². The quantitative estimate of drug-likeness (QED) is 0.502. The molecule has 106 valence electrons. The molecule has 0 atom stereocenters. The summed E-state index contributed by atoms with van der Waals surface area (Å²) in [5.41, 5.74) is 2.08. The highest BCUT2D eigenvalue weighted by Gasteiger charge is 2.16. The summed E-state index contributed by atoms with van der Waals surface area (Å²) in [6.07, 6.45) is 7.04. The molecule has 1 aromatic heterocycles. The van der Waals surface area contributed by atoms with E-state index in [-0.39, 0.29) is 11.7 Å². The maximum absolute atomic E-state index is 13.5. The van der Waals surface area contributed by atoms with Crippen LogP contribution >= 0.6 is 0 Å². The average Bonchev–Trinajstić information content (AvgIpc) is 2.66. The molecule has 0 radical (unpaired) electrons. The summed E-state index contributed by atoms with van der Waals surface area (Å²) in [6.45, 7) is 0.416. The number of aromatic nitrogens is 1. The van der Waals surface area contributed by atoms with Gasteiger partial charge in [-0.1, -0.05) is 25.7 Å². The zero-order valence-electron chi connectivity index (χ0n) is 10.8. The molecule has 1 aromatic rings. The molecule has 0 amide bonds. The first-order valence-electron chi connectivity index (χ1n) is 6.66. The first kappa shape index (κ1) is 14.0. The van der Waals surface area contributed by atoms with Gasteiger partial charge in [-0.15, -0.1) is 0 Å². The van der Waals surface area contributed by atoms with Crippen molar-refractivity contribution in [2.75, 3.05) is 12.0 Å². The minimum atomic E-state index is -0.832. The van der Waals surface area contributed by atoms with Crippen molar-refractivity contribution in [1.82, 2.24) is 4.98 Å². The largest absolute Gasteiger partial charge is 0.475 e. The molecule has 1 heterocycles. The van der Waals surface area contributed by atoms with Crippen molar-refractivity contribution in [2.24, 2.45) is 11.8 Å². The van der Waals surface area contributed by atoms with E-state index in [0.717, 1.165) is 18.9 Å². The lowest BCUT2D eigenvalue weighted by Gasteiger charge is -2.15. The molecule has 1 saturated carbocycles. The molecule has 0 spiro atoms. The molecule has 6 heteroatoms. The SMILES string of the molecule is NNc1nc(OCC2CCCCCC2)c(F)cc1F. The second-order valence-electron chi connectivity index (χ2n) is 4.92. The van der Waals surface area contributed by atoms with Gasteiger partial charge in [-0.2, -0.15) is 4.98 Å². The van der Waals surface area contributed by atoms with Crippen LogP contribution < -0.4 is 16.0 Å². The lowest BCUT2D eigenvalue weighted by Crippen LogP contribution is -2.15. The fourth-order valence-electron chi connectivity index (χ4n) is 2.38. The third kappa shape index (κ3) is 3.76. The highest BCUT2D eigenvalue weighted by molar-refractivity contribution is 5.38. The molecule has 1 aliphatic rings. The summed E-state index contributed by atoms with van der Waals surface area (Å²) in [7, 11) is 0. The van der Waals surface area contributed by atoms with Gasteiger partial charge in [0.15, 0.2) is 17.5 Å². The van der Waals surface area contributed by atoms with Gasteiger partial charge in [0.1, 0.15) is 0 Å². The van der Waals surface area contributed by atoms with E-state index >= 15 is 0 Å². The molecule has 2 rings (SSSR count). The van der Waals surface area contributed by atoms with Crippen LogP contribution in [0.15, 0.2) is 6.07 Å². The molecule has 1 aliphatic carbocycles. The van der Waals surface area contributed by atoms with Crippen LogP contribution in [0, 0.1) is 17.6 Å². The van der Waals surface area contributed by atoms with E-state index in [9.17, 15) is 8.78 Å². The summed E-state index contributed by atoms with van der Waals surface area (Å²) in [6, 6.07) is 0.727. The lowest BCUT2D eigenvalue weighted by molar-refractivity contribution is 0.216. The van der Waals surface area contributed by atoms with Gasteiger partial charge in [0.25, 0.3) is 5.88 Å². The fourth-order valence-corrected chi connectivity index (χ4v) is 2.38. The minimum Gasteiger partial charge on any atom is -0.475 e. The molecule has 1 fully saturated rings. The van der Waals surface area contributed by atoms with Gasteiger partial charge in [0, 0.05) is 6.07 Å². The number of hydrazine groups is 1. The van der Waals surface area contributed by atoms with Gasteiger partial charge >= 0.3 is 0 Å². The second-order valence-corrected chi connectivity index (χ2v) is 4.92. The number of ether oxygens (including phenoxy) is 1. The Kier molecular flexibility index (Phi) is 4.90. The Morgan fingerprint density at radius 3 is 2.53 bits per heavy atom. The van der Waals surface area contributed by atoms with Crippen LogP contribution in [-0.2, 0) is 0 Å². The lowest BCUT2D eigenvalue weighted by atomic mass is 10.0. The summed E-state index contributed by atoms with van der Waals surface area (Å²) in [5.74, 6) is 3.48. The zero-order valence-corrected chi connectivity index (χ0v) is 10.8. The maximum Gasteiger partial charge on any atom is 0.252 e. The molecule has 0 saturated heterocycles. The van der Waals surface area contributed by atoms with Crippen LogP contribution in [0.5, 0.6) is 5.88 Å². The Balaban J connectivity index is 1.98. The third-order valence-corrected chi connectivity index (χ3v) is 3.46. The Labute approximate surface area is 111 Å². The summed E-state index contributed by atoms with van der Waals surface area (Å²) in [5, 5.41) is 0. The predicted molar refractivity (Wildman–Crippen MR) is 68.7 cm³/mol. The van der Waals surface area contributed by atoms with Gasteiger partial charge in [0.05, 0.1) is 6.61 Å². The van der Waals surface area contributed by atoms with Gasteiger partial charge in [-0.25, -0.2) is 14.6 Å². The smallest absolute Gasteiger partial charge is 0.252 e. The van der Waals surface area contributed by atoms with E-state index in [1.54, 1.807) is 0 Å². The number of nitrogens with two attached hydrogens (primary N) is 1. The van der Waals surface area contributed by atoms with Crippen LogP contribution in [0.25, 0.3) is 0 Å². The zero-order chi connectivity index (χ0) is 13.7. The molecule has 0 aromatic carbocycles. The standard InChI is InChI=1S/C13H19F2N3O/c14-10-7-11(15)13(17-12(10)18-16)19-8-9-5-3-1-2-4-6-9/h7,9H,1-6,8,16H2,(H,17,18). The summed E-state index contributed by atoms with van der Waals surface area (Å²) in [4.78, 5) is 3.69. The van der Waals surface area contributed by atoms with Crippen molar-refractivity contribution < 1.29 is 13.5 Å². The number of anilines is 1. The summed E-state index contributed by atoms with van der Waals surface area (Å²) >= 11 is 0. The van der Waals surface area contributed by atoms with Crippen LogP contribution in [0.3, 0.4) is 0 Å². The topological polar surface area (TPSA) is 60.2 Å². The molecule has 4 nitrogen and oxygen atoms in total. The van der Waals surface area contributed by atoms with E-state index in [1.807, 2.05) is 0 Å². The molecular weight excluding hydrogens is 252 g/mol. The van der Waals surface area contributed by atoms with Gasteiger partial charge in [-0.3, -0.25) is 0 Å². The number of hydrogen-bond donors (Lipinski definition) is 2. The number of nitrogens with one attached hydrogen (secondary N) is 1. The Morgan fingerprint density at radius 2 is 1.89 bits per heavy atom. The predicted octanol–water partition coefficient (Wildman–Crippen LogP) is 2.99. The highest BCUT2D eigenvalue weighted by Crippen LogP contribution is 2.25. The molecular formula is C13H19F2N3O. The maximum atomic E-state index is 13.5. The number of pyridine rings is 1. The van der Waals surface area contributed by atoms with Crippen molar-refractivity contribution in [3.05, 3.63) is 17.7 Å². The normalized spacial score (nSPS) is 17.0. The van der Waals surface area contributed by atoms with E-state index in [1.165, 1.54) is 25.7 Å². The van der Waals surface area contributed by atoms with Crippen molar-refractivity contribution in [1.29, 1.82) is 0 Å². The molecule has 0 bridgehead atoms. The Hall–Kier alpha value is -1.43. The minimum absolute atomic E-state index is 0.196. The van der Waals surface area contributed by atoms with Crippen molar-refractivity contribution >= 4 is 5.82 Å². The molecule has 3 N–H and O–H groups in total. The van der Waals surface area contributed by atoms with Crippen molar-refractivity contribution in [3.8, 4) is 5.88 Å². The molecule has 19 heavy (non-hydrogen) atoms. The number of nitrogen functional groups attached to an aromatic ring is 1. The van der Waals surface area contributed by atoms with Crippen LogP contribution in [0.2, 0.25) is 0 Å². The first-order valence-corrected chi connectivity index (χ1v) is 6.66. The fraction of sp³-hybridized carbons (Fsp3) is 0.615. The first-order chi connectivity index (χ1) is 9.20. The number of rotatable bonds is 4. The monoisotopic (exact) mass is 271 g/mol. The van der Waals surface area contributed by atoms with Gasteiger partial charge in [-0.05, 0) is 18.8 Å². The molecule has 0 unspecified atom stereocenters. The van der Waals surface area contributed by atoms with E-state index in [0.29, 0.717) is 12.5 Å². The third-order valence-electron chi connectivity index (χ3n) is 3.46. The van der Waals surface area contributed by atoms with Crippen LogP contribution in [0.1, 0.15) is 38.5 Å². The van der Waals surface area contributed by atoms with Gasteiger partial charge in [0.2, 0.25) is 0 Å². The summed E-state index contributed by atoms with van der Waals surface area (Å²) < 4.78 is 32.1. The Morgan fingerprint density at radius 1 is 1.21 bits per heavy atom. The van der Waals surface area contributed by atoms with E-state index in [2.05, 4.69) is 10.4 Å². The van der Waals surface area contributed by atoms with Gasteiger partial charge < -0.3 is 10.2 Å². The van der Waals surface area contributed by atoms with Crippen LogP contribution in [-0.4, -0.2) is 11.6 Å². The van der Waals surface area contributed by atoms with Crippen molar-refractivity contribution in [3.63, 3.8) is 0 Å². The molecule has 0 aliphatic heterocycles. The van der Waals surface area contributed by atoms with E-state index in [4.69, 9.17) is 10.6 Å². The number of halogens is 2. The number of nitrogens with zero attached hydrogens (tertiary/aromatic N) is 1. The van der Waals surface area contributed by atoms with E-state index < -0.39 is 11.6 Å². The van der Waals surface area contributed by atoms with Crippen molar-refractivity contribution in [2.45, 2.75) is 38.5 Å². The highest BCUT2D eigenvalue weighted by atomic mass is 19.1. The number of hydrogen-bond acceptors (Lipinski definition) is 4. The average molecular weight is 271 g/mol. The second kappa shape index (κ2) is 6.65.